The maximum atomic E-state index is 12.8. The highest BCUT2D eigenvalue weighted by Gasteiger charge is 2.37. The average Bonchev–Trinajstić information content (AvgIpc) is 2.53. The second-order valence-electron chi connectivity index (χ2n) is 5.81. The van der Waals surface area contributed by atoms with E-state index in [-0.39, 0.29) is 6.07 Å². The number of hydrogen-bond donors (Lipinski definition) is 2. The standard InChI is InChI=1S/C17H15F6N3O/c1-26(2)14-5-3-12(4-6-14)24-15(27)25-13-8-10(16(18,19)20)7-11(9-13)17(21,22)23/h3-9H,1-2H3,(H2,24,25,27). The third-order valence-corrected chi connectivity index (χ3v) is 3.49. The lowest BCUT2D eigenvalue weighted by Crippen LogP contribution is -2.21. The smallest absolute Gasteiger partial charge is 0.378 e. The molecule has 0 saturated carbocycles. The van der Waals surface area contributed by atoms with E-state index in [4.69, 9.17) is 0 Å². The van der Waals surface area contributed by atoms with Crippen molar-refractivity contribution in [3.63, 3.8) is 0 Å². The first-order valence-electron chi connectivity index (χ1n) is 7.51. The number of rotatable bonds is 3. The Hall–Kier alpha value is -2.91. The maximum absolute atomic E-state index is 12.8. The van der Waals surface area contributed by atoms with Crippen molar-refractivity contribution >= 4 is 23.1 Å². The highest BCUT2D eigenvalue weighted by atomic mass is 19.4. The summed E-state index contributed by atoms with van der Waals surface area (Å²) in [5.41, 5.74) is -2.49. The van der Waals surface area contributed by atoms with Gasteiger partial charge in [0.15, 0.2) is 0 Å². The van der Waals surface area contributed by atoms with Crippen molar-refractivity contribution in [1.29, 1.82) is 0 Å². The molecule has 0 aromatic heterocycles. The van der Waals surface area contributed by atoms with E-state index in [9.17, 15) is 31.1 Å². The molecule has 4 nitrogen and oxygen atoms in total. The first kappa shape index (κ1) is 20.4. The van der Waals surface area contributed by atoms with Gasteiger partial charge in [0.2, 0.25) is 0 Å². The fourth-order valence-electron chi connectivity index (χ4n) is 2.16. The quantitative estimate of drug-likeness (QED) is 0.685. The minimum atomic E-state index is -4.99. The van der Waals surface area contributed by atoms with Crippen LogP contribution in [0.1, 0.15) is 11.1 Å². The first-order chi connectivity index (χ1) is 12.4. The zero-order valence-electron chi connectivity index (χ0n) is 14.2. The topological polar surface area (TPSA) is 44.4 Å². The molecule has 0 heterocycles. The highest BCUT2D eigenvalue weighted by Crippen LogP contribution is 2.37. The van der Waals surface area contributed by atoms with Gasteiger partial charge in [-0.1, -0.05) is 0 Å². The summed E-state index contributed by atoms with van der Waals surface area (Å²) in [6, 6.07) is 6.34. The number of carbonyl (C=O) groups is 1. The number of nitrogens with zero attached hydrogens (tertiary/aromatic N) is 1. The molecule has 10 heteroatoms. The van der Waals surface area contributed by atoms with E-state index in [1.165, 1.54) is 0 Å². The van der Waals surface area contributed by atoms with Gasteiger partial charge >= 0.3 is 18.4 Å². The molecule has 0 unspecified atom stereocenters. The van der Waals surface area contributed by atoms with E-state index in [2.05, 4.69) is 5.32 Å². The molecular formula is C17H15F6N3O. The molecule has 2 amide bonds. The summed E-state index contributed by atoms with van der Waals surface area (Å²) in [5, 5.41) is 4.33. The lowest BCUT2D eigenvalue weighted by molar-refractivity contribution is -0.143. The fourth-order valence-corrected chi connectivity index (χ4v) is 2.16. The molecule has 0 atom stereocenters. The van der Waals surface area contributed by atoms with Gasteiger partial charge in [0.1, 0.15) is 0 Å². The number of alkyl halides is 6. The van der Waals surface area contributed by atoms with Crippen LogP contribution in [0.3, 0.4) is 0 Å². The number of anilines is 3. The second kappa shape index (κ2) is 7.37. The fraction of sp³-hybridized carbons (Fsp3) is 0.235. The lowest BCUT2D eigenvalue weighted by atomic mass is 10.1. The van der Waals surface area contributed by atoms with E-state index < -0.39 is 35.2 Å². The molecule has 0 bridgehead atoms. The molecule has 2 aromatic rings. The minimum absolute atomic E-state index is 0.0109. The number of carbonyl (C=O) groups excluding carboxylic acids is 1. The minimum Gasteiger partial charge on any atom is -0.378 e. The van der Waals surface area contributed by atoms with E-state index >= 15 is 0 Å². The maximum Gasteiger partial charge on any atom is 0.416 e. The Balaban J connectivity index is 2.21. The van der Waals surface area contributed by atoms with Gasteiger partial charge in [0.05, 0.1) is 11.1 Å². The Morgan fingerprint density at radius 1 is 0.778 bits per heavy atom. The van der Waals surface area contributed by atoms with Gasteiger partial charge < -0.3 is 15.5 Å². The average molecular weight is 391 g/mol. The van der Waals surface area contributed by atoms with Crippen molar-refractivity contribution in [3.05, 3.63) is 53.6 Å². The van der Waals surface area contributed by atoms with Gasteiger partial charge in [-0.2, -0.15) is 26.3 Å². The molecule has 2 rings (SSSR count). The Morgan fingerprint density at radius 3 is 1.63 bits per heavy atom. The molecular weight excluding hydrogens is 376 g/mol. The number of hydrogen-bond acceptors (Lipinski definition) is 2. The van der Waals surface area contributed by atoms with Crippen molar-refractivity contribution in [1.82, 2.24) is 0 Å². The van der Waals surface area contributed by atoms with Crippen LogP contribution in [-0.2, 0) is 12.4 Å². The van der Waals surface area contributed by atoms with Crippen molar-refractivity contribution in [2.75, 3.05) is 29.6 Å². The van der Waals surface area contributed by atoms with Crippen molar-refractivity contribution in [3.8, 4) is 0 Å². The molecule has 0 aliphatic rings. The van der Waals surface area contributed by atoms with Crippen LogP contribution < -0.4 is 15.5 Å². The zero-order valence-corrected chi connectivity index (χ0v) is 14.2. The Kier molecular flexibility index (Phi) is 5.57. The predicted molar refractivity (Wildman–Crippen MR) is 89.9 cm³/mol. The number of nitrogens with one attached hydrogen (secondary N) is 2. The Labute approximate surface area is 150 Å². The predicted octanol–water partition coefficient (Wildman–Crippen LogP) is 5.43. The largest absolute Gasteiger partial charge is 0.416 e. The van der Waals surface area contributed by atoms with E-state index in [1.807, 2.05) is 10.2 Å². The number of benzene rings is 2. The van der Waals surface area contributed by atoms with Gasteiger partial charge in [-0.05, 0) is 42.5 Å². The molecule has 0 aliphatic carbocycles. The summed E-state index contributed by atoms with van der Waals surface area (Å²) in [5.74, 6) is 0. The van der Waals surface area contributed by atoms with Gasteiger partial charge in [0.25, 0.3) is 0 Å². The SMILES string of the molecule is CN(C)c1ccc(NC(=O)Nc2cc(C(F)(F)F)cc(C(F)(F)F)c2)cc1. The van der Waals surface area contributed by atoms with E-state index in [0.717, 1.165) is 5.69 Å². The molecule has 0 fully saturated rings. The van der Waals surface area contributed by atoms with Crippen molar-refractivity contribution in [2.45, 2.75) is 12.4 Å². The van der Waals surface area contributed by atoms with Gasteiger partial charge in [-0.25, -0.2) is 4.79 Å². The number of urea groups is 1. The summed E-state index contributed by atoms with van der Waals surface area (Å²) in [6.07, 6.45) is -9.98. The molecule has 0 aliphatic heterocycles. The molecule has 0 radical (unpaired) electrons. The first-order valence-corrected chi connectivity index (χ1v) is 7.51. The Morgan fingerprint density at radius 2 is 1.22 bits per heavy atom. The van der Waals surface area contributed by atoms with Crippen LogP contribution in [-0.4, -0.2) is 20.1 Å². The van der Waals surface area contributed by atoms with Crippen LogP contribution in [0.15, 0.2) is 42.5 Å². The van der Waals surface area contributed by atoms with E-state index in [1.54, 1.807) is 38.4 Å². The lowest BCUT2D eigenvalue weighted by Gasteiger charge is -2.15. The van der Waals surface area contributed by atoms with Gasteiger partial charge in [0, 0.05) is 31.2 Å². The molecule has 2 N–H and O–H groups in total. The van der Waals surface area contributed by atoms with Gasteiger partial charge in [-0.3, -0.25) is 0 Å². The van der Waals surface area contributed by atoms with Crippen LogP contribution >= 0.6 is 0 Å². The van der Waals surface area contributed by atoms with Crippen LogP contribution in [0.2, 0.25) is 0 Å². The van der Waals surface area contributed by atoms with Crippen LogP contribution in [0.5, 0.6) is 0 Å². The molecule has 146 valence electrons. The zero-order chi connectivity index (χ0) is 20.4. The third kappa shape index (κ3) is 5.53. The van der Waals surface area contributed by atoms with Crippen LogP contribution in [0.4, 0.5) is 48.2 Å². The second-order valence-corrected chi connectivity index (χ2v) is 5.81. The molecule has 0 saturated heterocycles. The summed E-state index contributed by atoms with van der Waals surface area (Å²) in [7, 11) is 3.61. The Bertz CT molecular complexity index is 781. The van der Waals surface area contributed by atoms with Crippen molar-refractivity contribution < 1.29 is 31.1 Å². The summed E-state index contributed by atoms with van der Waals surface area (Å²) < 4.78 is 76.9. The van der Waals surface area contributed by atoms with E-state index in [0.29, 0.717) is 17.8 Å². The normalized spacial score (nSPS) is 11.9. The molecule has 2 aromatic carbocycles. The van der Waals surface area contributed by atoms with Crippen molar-refractivity contribution in [2.24, 2.45) is 0 Å². The highest BCUT2D eigenvalue weighted by molar-refractivity contribution is 6.00. The monoisotopic (exact) mass is 391 g/mol. The van der Waals surface area contributed by atoms with Gasteiger partial charge in [-0.15, -0.1) is 0 Å². The molecule has 0 spiro atoms. The summed E-state index contributed by atoms with van der Waals surface area (Å²) >= 11 is 0. The van der Waals surface area contributed by atoms with Crippen LogP contribution in [0, 0.1) is 0 Å². The summed E-state index contributed by atoms with van der Waals surface area (Å²) in [6.45, 7) is 0. The number of amides is 2. The molecule has 27 heavy (non-hydrogen) atoms. The van der Waals surface area contributed by atoms with Crippen LogP contribution in [0.25, 0.3) is 0 Å². The third-order valence-electron chi connectivity index (χ3n) is 3.49. The number of halogens is 6. The summed E-state index contributed by atoms with van der Waals surface area (Å²) in [4.78, 5) is 13.7.